The first kappa shape index (κ1) is 9.46. The number of nitrogens with two attached hydrogens (primary N) is 1. The maximum atomic E-state index is 11.2. The zero-order valence-electron chi connectivity index (χ0n) is 7.13. The molecule has 0 radical (unpaired) electrons. The maximum Gasteiger partial charge on any atom is 0.318 e. The average Bonchev–Trinajstić information content (AvgIpc) is 2.03. The summed E-state index contributed by atoms with van der Waals surface area (Å²) in [6.45, 7) is 0.290. The minimum absolute atomic E-state index is 0.101. The molecule has 0 fully saturated rings. The van der Waals surface area contributed by atoms with E-state index in [-0.39, 0.29) is 24.5 Å². The van der Waals surface area contributed by atoms with Crippen molar-refractivity contribution in [2.24, 2.45) is 10.7 Å². The third kappa shape index (κ3) is 2.41. The third-order valence-corrected chi connectivity index (χ3v) is 1.58. The largest absolute Gasteiger partial charge is 0.351 e. The summed E-state index contributed by atoms with van der Waals surface area (Å²) in [7, 11) is 1.66. The van der Waals surface area contributed by atoms with Gasteiger partial charge in [0.05, 0.1) is 6.54 Å². The molecule has 0 unspecified atom stereocenters. The molecule has 3 amide bonds. The maximum absolute atomic E-state index is 11.2. The van der Waals surface area contributed by atoms with E-state index in [4.69, 9.17) is 5.73 Å². The van der Waals surface area contributed by atoms with E-state index in [1.54, 1.807) is 7.05 Å². The summed E-state index contributed by atoms with van der Waals surface area (Å²) in [6.07, 6.45) is 0. The lowest BCUT2D eigenvalue weighted by Gasteiger charge is -2.20. The normalized spacial score (nSPS) is 21.8. The van der Waals surface area contributed by atoms with Crippen LogP contribution in [0, 0.1) is 0 Å². The number of nitrogens with one attached hydrogen (secondary N) is 3. The van der Waals surface area contributed by atoms with E-state index in [9.17, 15) is 9.59 Å². The van der Waals surface area contributed by atoms with Gasteiger partial charge in [-0.2, -0.15) is 0 Å². The number of hydrogen-bond acceptors (Lipinski definition) is 4. The van der Waals surface area contributed by atoms with Crippen LogP contribution in [0.5, 0.6) is 0 Å². The van der Waals surface area contributed by atoms with Crippen LogP contribution in [0.25, 0.3) is 0 Å². The molecule has 1 heterocycles. The standard InChI is InChI=1S/C6H11N5O2/c1-8-3-2-9-6(10-4(3)12)11-5(7)13/h3,8H,2H2,1H3,(H4,7,9,10,11,12,13)/t3-/m0/s1. The van der Waals surface area contributed by atoms with Gasteiger partial charge in [0, 0.05) is 0 Å². The molecule has 0 saturated carbocycles. The van der Waals surface area contributed by atoms with Gasteiger partial charge in [-0.25, -0.2) is 4.79 Å². The van der Waals surface area contributed by atoms with Crippen LogP contribution in [0.3, 0.4) is 0 Å². The second-order valence-electron chi connectivity index (χ2n) is 2.51. The Bertz CT molecular complexity index is 262. The Labute approximate surface area is 74.8 Å². The molecule has 13 heavy (non-hydrogen) atoms. The number of aliphatic imine (C=N–C) groups is 1. The molecule has 0 aromatic carbocycles. The van der Waals surface area contributed by atoms with Crippen molar-refractivity contribution in [3.8, 4) is 0 Å². The lowest BCUT2D eigenvalue weighted by atomic mass is 10.2. The van der Waals surface area contributed by atoms with E-state index in [1.165, 1.54) is 0 Å². The van der Waals surface area contributed by atoms with Crippen LogP contribution in [-0.4, -0.2) is 37.5 Å². The lowest BCUT2D eigenvalue weighted by Crippen LogP contribution is -2.56. The van der Waals surface area contributed by atoms with Crippen LogP contribution < -0.4 is 21.7 Å². The second-order valence-corrected chi connectivity index (χ2v) is 2.51. The number of guanidine groups is 1. The highest BCUT2D eigenvalue weighted by Gasteiger charge is 2.22. The molecular formula is C6H11N5O2. The molecule has 0 aromatic heterocycles. The Balaban J connectivity index is 2.58. The number of rotatable bonds is 1. The minimum Gasteiger partial charge on any atom is -0.351 e. The van der Waals surface area contributed by atoms with Gasteiger partial charge in [-0.3, -0.25) is 20.4 Å². The fourth-order valence-corrected chi connectivity index (χ4v) is 0.919. The van der Waals surface area contributed by atoms with Crippen LogP contribution >= 0.6 is 0 Å². The monoisotopic (exact) mass is 185 g/mol. The fraction of sp³-hybridized carbons (Fsp3) is 0.500. The molecule has 0 saturated heterocycles. The SMILES string of the molecule is CN[C@H]1CN=C(NC(N)=O)NC1=O. The molecule has 0 bridgehead atoms. The Kier molecular flexibility index (Phi) is 2.80. The highest BCUT2D eigenvalue weighted by Crippen LogP contribution is 1.91. The molecular weight excluding hydrogens is 174 g/mol. The number of nitrogens with zero attached hydrogens (tertiary/aromatic N) is 1. The van der Waals surface area contributed by atoms with Crippen molar-refractivity contribution in [3.05, 3.63) is 0 Å². The Morgan fingerprint density at radius 2 is 2.46 bits per heavy atom. The molecule has 5 N–H and O–H groups in total. The Morgan fingerprint density at radius 3 is 2.92 bits per heavy atom. The lowest BCUT2D eigenvalue weighted by molar-refractivity contribution is -0.121. The van der Waals surface area contributed by atoms with E-state index in [2.05, 4.69) is 20.9 Å². The van der Waals surface area contributed by atoms with Gasteiger partial charge in [-0.05, 0) is 7.05 Å². The highest BCUT2D eigenvalue weighted by atomic mass is 16.2. The van der Waals surface area contributed by atoms with Gasteiger partial charge in [-0.15, -0.1) is 0 Å². The first-order valence-electron chi connectivity index (χ1n) is 3.72. The summed E-state index contributed by atoms with van der Waals surface area (Å²) in [6, 6.07) is -1.10. The van der Waals surface area contributed by atoms with E-state index >= 15 is 0 Å². The molecule has 7 nitrogen and oxygen atoms in total. The van der Waals surface area contributed by atoms with Crippen molar-refractivity contribution in [2.75, 3.05) is 13.6 Å². The minimum atomic E-state index is -0.748. The van der Waals surface area contributed by atoms with Crippen LogP contribution in [0.1, 0.15) is 0 Å². The first-order valence-corrected chi connectivity index (χ1v) is 3.72. The van der Waals surface area contributed by atoms with Gasteiger partial charge in [0.1, 0.15) is 6.04 Å². The molecule has 1 atom stereocenters. The highest BCUT2D eigenvalue weighted by molar-refractivity contribution is 6.06. The topological polar surface area (TPSA) is 109 Å². The quantitative estimate of drug-likeness (QED) is 0.370. The van der Waals surface area contributed by atoms with Crippen LogP contribution in [0.4, 0.5) is 4.79 Å². The van der Waals surface area contributed by atoms with Crippen molar-refractivity contribution in [2.45, 2.75) is 6.04 Å². The van der Waals surface area contributed by atoms with Gasteiger partial charge < -0.3 is 11.1 Å². The van der Waals surface area contributed by atoms with Crippen molar-refractivity contribution in [3.63, 3.8) is 0 Å². The molecule has 72 valence electrons. The Morgan fingerprint density at radius 1 is 1.77 bits per heavy atom. The summed E-state index contributed by atoms with van der Waals surface area (Å²) in [5, 5.41) is 7.34. The van der Waals surface area contributed by atoms with Gasteiger partial charge in [-0.1, -0.05) is 0 Å². The van der Waals surface area contributed by atoms with Crippen molar-refractivity contribution in [1.82, 2.24) is 16.0 Å². The van der Waals surface area contributed by atoms with Gasteiger partial charge in [0.15, 0.2) is 0 Å². The zero-order chi connectivity index (χ0) is 9.84. The third-order valence-electron chi connectivity index (χ3n) is 1.58. The summed E-state index contributed by atoms with van der Waals surface area (Å²) < 4.78 is 0. The van der Waals surface area contributed by atoms with E-state index < -0.39 is 6.03 Å². The molecule has 1 rings (SSSR count). The van der Waals surface area contributed by atoms with E-state index in [1.807, 2.05) is 0 Å². The fourth-order valence-electron chi connectivity index (χ4n) is 0.919. The molecule has 0 aromatic rings. The number of likely N-dealkylation sites (N-methyl/N-ethyl adjacent to an activating group) is 1. The number of urea groups is 1. The van der Waals surface area contributed by atoms with Crippen molar-refractivity contribution in [1.29, 1.82) is 0 Å². The smallest absolute Gasteiger partial charge is 0.318 e. The Hall–Kier alpha value is -1.63. The van der Waals surface area contributed by atoms with Crippen LogP contribution in [0.2, 0.25) is 0 Å². The summed E-state index contributed by atoms with van der Waals surface area (Å²) >= 11 is 0. The van der Waals surface area contributed by atoms with Gasteiger partial charge >= 0.3 is 6.03 Å². The number of amides is 3. The summed E-state index contributed by atoms with van der Waals surface area (Å²) in [5.74, 6) is -0.134. The first-order chi connectivity index (χ1) is 6.13. The molecule has 7 heteroatoms. The van der Waals surface area contributed by atoms with E-state index in [0.717, 1.165) is 0 Å². The van der Waals surface area contributed by atoms with Crippen LogP contribution in [0.15, 0.2) is 4.99 Å². The van der Waals surface area contributed by atoms with Crippen molar-refractivity contribution < 1.29 is 9.59 Å². The molecule has 0 spiro atoms. The number of carbonyl (C=O) groups is 2. The van der Waals surface area contributed by atoms with E-state index in [0.29, 0.717) is 0 Å². The summed E-state index contributed by atoms with van der Waals surface area (Å²) in [5.41, 5.74) is 4.84. The predicted molar refractivity (Wildman–Crippen MR) is 46.0 cm³/mol. The van der Waals surface area contributed by atoms with Gasteiger partial charge in [0.25, 0.3) is 0 Å². The average molecular weight is 185 g/mol. The number of primary amides is 1. The number of carbonyl (C=O) groups excluding carboxylic acids is 2. The second kappa shape index (κ2) is 3.85. The van der Waals surface area contributed by atoms with Crippen molar-refractivity contribution >= 4 is 17.9 Å². The number of hydrogen-bond donors (Lipinski definition) is 4. The molecule has 0 aliphatic carbocycles. The zero-order valence-corrected chi connectivity index (χ0v) is 7.13. The molecule has 1 aliphatic rings. The van der Waals surface area contributed by atoms with Gasteiger partial charge in [0.2, 0.25) is 11.9 Å². The van der Waals surface area contributed by atoms with Crippen LogP contribution in [-0.2, 0) is 4.79 Å². The molecule has 1 aliphatic heterocycles. The predicted octanol–water partition coefficient (Wildman–Crippen LogP) is -2.27. The summed E-state index contributed by atoms with van der Waals surface area (Å²) in [4.78, 5) is 25.4.